The molecule has 4 heteroatoms. The number of carbonyl (C=O) groups excluding carboxylic acids is 1. The highest BCUT2D eigenvalue weighted by atomic mass is 16.5. The lowest BCUT2D eigenvalue weighted by molar-refractivity contribution is -0.123. The highest BCUT2D eigenvalue weighted by Crippen LogP contribution is 2.25. The second-order valence-corrected chi connectivity index (χ2v) is 5.62. The largest absolute Gasteiger partial charge is 0.497 e. The molecule has 104 valence electrons. The van der Waals surface area contributed by atoms with Gasteiger partial charge in [0, 0.05) is 24.3 Å². The Hall–Kier alpha value is -1.55. The van der Waals surface area contributed by atoms with Gasteiger partial charge in [-0.05, 0) is 39.3 Å². The second-order valence-electron chi connectivity index (χ2n) is 5.62. The minimum absolute atomic E-state index is 0.102. The van der Waals surface area contributed by atoms with Crippen LogP contribution in [0, 0.1) is 0 Å². The summed E-state index contributed by atoms with van der Waals surface area (Å²) < 4.78 is 5.23. The van der Waals surface area contributed by atoms with Crippen LogP contribution in [-0.4, -0.2) is 31.1 Å². The average molecular weight is 262 g/mol. The Labute approximate surface area is 114 Å². The van der Waals surface area contributed by atoms with Gasteiger partial charge in [0.15, 0.2) is 0 Å². The molecule has 0 saturated carbocycles. The number of hydrogen-bond donors (Lipinski definition) is 1. The van der Waals surface area contributed by atoms with Crippen LogP contribution in [0.2, 0.25) is 0 Å². The zero-order chi connectivity index (χ0) is 14.0. The third kappa shape index (κ3) is 2.89. The van der Waals surface area contributed by atoms with Crippen LogP contribution in [0.15, 0.2) is 24.3 Å². The minimum Gasteiger partial charge on any atom is -0.497 e. The summed E-state index contributed by atoms with van der Waals surface area (Å²) in [6.07, 6.45) is 0.937. The molecule has 1 heterocycles. The first kappa shape index (κ1) is 13.9. The number of anilines is 1. The summed E-state index contributed by atoms with van der Waals surface area (Å²) in [6, 6.07) is 7.99. The van der Waals surface area contributed by atoms with Crippen molar-refractivity contribution in [2.45, 2.75) is 38.8 Å². The molecule has 4 nitrogen and oxygen atoms in total. The summed E-state index contributed by atoms with van der Waals surface area (Å²) in [5.74, 6) is 0.874. The molecule has 0 bridgehead atoms. The van der Waals surface area contributed by atoms with Crippen molar-refractivity contribution in [2.24, 2.45) is 0 Å². The van der Waals surface area contributed by atoms with Crippen LogP contribution >= 0.6 is 0 Å². The van der Waals surface area contributed by atoms with Gasteiger partial charge < -0.3 is 15.0 Å². The fourth-order valence-electron chi connectivity index (χ4n) is 2.54. The summed E-state index contributed by atoms with van der Waals surface area (Å²) in [5, 5.41) is 3.37. The maximum absolute atomic E-state index is 12.6. The van der Waals surface area contributed by atoms with Gasteiger partial charge in [0.2, 0.25) is 5.91 Å². The van der Waals surface area contributed by atoms with Gasteiger partial charge in [-0.25, -0.2) is 0 Å². The molecule has 0 aromatic heterocycles. The number of rotatable bonds is 2. The molecule has 1 aromatic carbocycles. The van der Waals surface area contributed by atoms with Crippen LogP contribution in [0.5, 0.6) is 5.75 Å². The van der Waals surface area contributed by atoms with Gasteiger partial charge in [-0.1, -0.05) is 6.07 Å². The Balaban J connectivity index is 2.34. The summed E-state index contributed by atoms with van der Waals surface area (Å²) in [4.78, 5) is 14.5. The van der Waals surface area contributed by atoms with Crippen LogP contribution in [0.1, 0.15) is 27.2 Å². The van der Waals surface area contributed by atoms with Crippen molar-refractivity contribution >= 4 is 11.6 Å². The molecule has 1 aliphatic rings. The Morgan fingerprint density at radius 2 is 2.16 bits per heavy atom. The van der Waals surface area contributed by atoms with Crippen molar-refractivity contribution in [3.8, 4) is 5.75 Å². The van der Waals surface area contributed by atoms with Crippen molar-refractivity contribution in [2.75, 3.05) is 18.6 Å². The lowest BCUT2D eigenvalue weighted by Crippen LogP contribution is -2.53. The topological polar surface area (TPSA) is 41.6 Å². The average Bonchev–Trinajstić information content (AvgIpc) is 2.47. The summed E-state index contributed by atoms with van der Waals surface area (Å²) in [7, 11) is 1.64. The maximum Gasteiger partial charge on any atom is 0.246 e. The van der Waals surface area contributed by atoms with Crippen LogP contribution in [0.25, 0.3) is 0 Å². The summed E-state index contributed by atoms with van der Waals surface area (Å²) in [5.41, 5.74) is 0.354. The van der Waals surface area contributed by atoms with Crippen molar-refractivity contribution < 1.29 is 9.53 Å². The first-order chi connectivity index (χ1) is 8.94. The quantitative estimate of drug-likeness (QED) is 0.888. The van der Waals surface area contributed by atoms with E-state index in [2.05, 4.69) is 12.2 Å². The third-order valence-corrected chi connectivity index (χ3v) is 3.54. The molecule has 1 N–H and O–H groups in total. The van der Waals surface area contributed by atoms with Crippen molar-refractivity contribution in [3.05, 3.63) is 24.3 Å². The van der Waals surface area contributed by atoms with Crippen molar-refractivity contribution in [1.29, 1.82) is 0 Å². The Morgan fingerprint density at radius 3 is 2.84 bits per heavy atom. The van der Waals surface area contributed by atoms with Gasteiger partial charge in [-0.15, -0.1) is 0 Å². The Morgan fingerprint density at radius 1 is 1.42 bits per heavy atom. The highest BCUT2D eigenvalue weighted by molar-refractivity contribution is 6.00. The first-order valence-corrected chi connectivity index (χ1v) is 6.68. The van der Waals surface area contributed by atoms with E-state index in [1.807, 2.05) is 43.0 Å². The molecule has 1 unspecified atom stereocenters. The molecule has 1 saturated heterocycles. The highest BCUT2D eigenvalue weighted by Gasteiger charge is 2.36. The van der Waals surface area contributed by atoms with Gasteiger partial charge in [0.05, 0.1) is 12.6 Å². The van der Waals surface area contributed by atoms with E-state index in [0.717, 1.165) is 24.4 Å². The number of nitrogens with zero attached hydrogens (tertiary/aromatic N) is 1. The standard InChI is InChI=1S/C15H22N2O2/c1-11-8-9-17(14(18)15(2,3)16-11)12-6-5-7-13(10-12)19-4/h5-7,10-11,16H,8-9H2,1-4H3. The number of benzene rings is 1. The second kappa shape index (κ2) is 5.21. The zero-order valence-electron chi connectivity index (χ0n) is 12.1. The lowest BCUT2D eigenvalue weighted by atomic mass is 10.0. The number of hydrogen-bond acceptors (Lipinski definition) is 3. The fraction of sp³-hybridized carbons (Fsp3) is 0.533. The zero-order valence-corrected chi connectivity index (χ0v) is 12.1. The van der Waals surface area contributed by atoms with E-state index in [0.29, 0.717) is 6.04 Å². The summed E-state index contributed by atoms with van der Waals surface area (Å²) in [6.45, 7) is 6.71. The Kier molecular flexibility index (Phi) is 3.80. The van der Waals surface area contributed by atoms with Crippen molar-refractivity contribution in [3.63, 3.8) is 0 Å². The predicted molar refractivity (Wildman–Crippen MR) is 76.6 cm³/mol. The smallest absolute Gasteiger partial charge is 0.246 e. The minimum atomic E-state index is -0.543. The molecule has 2 rings (SSSR count). The van der Waals surface area contributed by atoms with E-state index in [4.69, 9.17) is 4.74 Å². The van der Waals surface area contributed by atoms with Crippen LogP contribution in [0.3, 0.4) is 0 Å². The van der Waals surface area contributed by atoms with E-state index >= 15 is 0 Å². The molecule has 1 fully saturated rings. The van der Waals surface area contributed by atoms with Crippen LogP contribution < -0.4 is 15.0 Å². The van der Waals surface area contributed by atoms with Gasteiger partial charge >= 0.3 is 0 Å². The van der Waals surface area contributed by atoms with Crippen LogP contribution in [-0.2, 0) is 4.79 Å². The molecule has 0 spiro atoms. The number of nitrogens with one attached hydrogen (secondary N) is 1. The normalized spacial score (nSPS) is 23.1. The van der Waals surface area contributed by atoms with Crippen molar-refractivity contribution in [1.82, 2.24) is 5.32 Å². The number of amides is 1. The lowest BCUT2D eigenvalue weighted by Gasteiger charge is -2.30. The van der Waals surface area contributed by atoms with Gasteiger partial charge in [0.25, 0.3) is 0 Å². The molecule has 19 heavy (non-hydrogen) atoms. The fourth-order valence-corrected chi connectivity index (χ4v) is 2.54. The van der Waals surface area contributed by atoms with Gasteiger partial charge in [0.1, 0.15) is 5.75 Å². The van der Waals surface area contributed by atoms with E-state index < -0.39 is 5.54 Å². The molecule has 1 amide bonds. The number of carbonyl (C=O) groups is 1. The van der Waals surface area contributed by atoms with E-state index in [1.54, 1.807) is 7.11 Å². The first-order valence-electron chi connectivity index (χ1n) is 6.68. The van der Waals surface area contributed by atoms with Crippen LogP contribution in [0.4, 0.5) is 5.69 Å². The molecule has 0 aliphatic carbocycles. The van der Waals surface area contributed by atoms with E-state index in [1.165, 1.54) is 0 Å². The number of ether oxygens (including phenoxy) is 1. The monoisotopic (exact) mass is 262 g/mol. The SMILES string of the molecule is COc1cccc(N2CCC(C)NC(C)(C)C2=O)c1. The molecule has 1 aromatic rings. The predicted octanol–water partition coefficient (Wildman–Crippen LogP) is 2.19. The maximum atomic E-state index is 12.6. The summed E-state index contributed by atoms with van der Waals surface area (Å²) >= 11 is 0. The molecule has 0 radical (unpaired) electrons. The van der Waals surface area contributed by atoms with Gasteiger partial charge in [-0.2, -0.15) is 0 Å². The molecule has 1 atom stereocenters. The molecular weight excluding hydrogens is 240 g/mol. The molecular formula is C15H22N2O2. The number of methoxy groups -OCH3 is 1. The van der Waals surface area contributed by atoms with E-state index in [-0.39, 0.29) is 5.91 Å². The molecule has 1 aliphatic heterocycles. The van der Waals surface area contributed by atoms with E-state index in [9.17, 15) is 4.79 Å². The Bertz CT molecular complexity index is 471. The van der Waals surface area contributed by atoms with Gasteiger partial charge in [-0.3, -0.25) is 4.79 Å². The third-order valence-electron chi connectivity index (χ3n) is 3.54.